The second-order valence-corrected chi connectivity index (χ2v) is 5.69. The van der Waals surface area contributed by atoms with E-state index in [2.05, 4.69) is 24.1 Å². The Morgan fingerprint density at radius 2 is 1.94 bits per heavy atom. The second kappa shape index (κ2) is 6.53. The summed E-state index contributed by atoms with van der Waals surface area (Å²) in [6, 6.07) is 1.24. The fourth-order valence-corrected chi connectivity index (χ4v) is 2.82. The maximum Gasteiger partial charge on any atom is 0.325 e. The van der Waals surface area contributed by atoms with Gasteiger partial charge in [-0.05, 0) is 47.1 Å². The largest absolute Gasteiger partial charge is 0.468 e. The van der Waals surface area contributed by atoms with Gasteiger partial charge in [0, 0.05) is 18.6 Å². The fourth-order valence-electron chi connectivity index (χ4n) is 2.82. The Morgan fingerprint density at radius 3 is 2.39 bits per heavy atom. The molecular formula is C14H28N2O2. The van der Waals surface area contributed by atoms with E-state index in [1.807, 2.05) is 14.0 Å². The van der Waals surface area contributed by atoms with Gasteiger partial charge in [-0.2, -0.15) is 0 Å². The highest BCUT2D eigenvalue weighted by molar-refractivity contribution is 5.80. The Kier molecular flexibility index (Phi) is 5.60. The molecule has 4 heteroatoms. The van der Waals surface area contributed by atoms with Crippen molar-refractivity contribution in [2.24, 2.45) is 0 Å². The van der Waals surface area contributed by atoms with Gasteiger partial charge in [-0.3, -0.25) is 9.69 Å². The lowest BCUT2D eigenvalue weighted by Crippen LogP contribution is -2.52. The van der Waals surface area contributed by atoms with Gasteiger partial charge in [0.25, 0.3) is 0 Å². The molecule has 106 valence electrons. The first kappa shape index (κ1) is 15.4. The molecule has 0 aliphatic carbocycles. The van der Waals surface area contributed by atoms with E-state index in [0.717, 1.165) is 13.0 Å². The summed E-state index contributed by atoms with van der Waals surface area (Å²) in [5, 5.41) is 3.10. The molecule has 18 heavy (non-hydrogen) atoms. The summed E-state index contributed by atoms with van der Waals surface area (Å²) in [5.41, 5.74) is -0.578. The number of likely N-dealkylation sites (tertiary alicyclic amines) is 1. The first-order chi connectivity index (χ1) is 8.44. The minimum Gasteiger partial charge on any atom is -0.468 e. The maximum absolute atomic E-state index is 11.8. The molecule has 0 aromatic heterocycles. The minimum absolute atomic E-state index is 0.178. The SMILES string of the molecule is CNC(C)(CCN1[C@H](C)CCC[C@@H]1C)C(=O)OC. The number of hydrogen-bond donors (Lipinski definition) is 1. The van der Waals surface area contributed by atoms with Gasteiger partial charge in [-0.15, -0.1) is 0 Å². The van der Waals surface area contributed by atoms with Crippen LogP contribution in [0.15, 0.2) is 0 Å². The highest BCUT2D eigenvalue weighted by atomic mass is 16.5. The molecule has 0 aromatic carbocycles. The number of likely N-dealkylation sites (N-methyl/N-ethyl adjacent to an activating group) is 1. The molecule has 1 fully saturated rings. The number of nitrogens with one attached hydrogen (secondary N) is 1. The van der Waals surface area contributed by atoms with Crippen LogP contribution in [-0.2, 0) is 9.53 Å². The molecule has 0 saturated carbocycles. The molecule has 1 rings (SSSR count). The van der Waals surface area contributed by atoms with Crippen molar-refractivity contribution in [3.05, 3.63) is 0 Å². The molecule has 0 bridgehead atoms. The Labute approximate surface area is 111 Å². The first-order valence-electron chi connectivity index (χ1n) is 6.97. The summed E-state index contributed by atoms with van der Waals surface area (Å²) in [4.78, 5) is 14.3. The molecule has 3 atom stereocenters. The van der Waals surface area contributed by atoms with E-state index in [1.165, 1.54) is 26.4 Å². The number of piperidine rings is 1. The third-order valence-corrected chi connectivity index (χ3v) is 4.43. The van der Waals surface area contributed by atoms with Crippen LogP contribution in [0.1, 0.15) is 46.5 Å². The lowest BCUT2D eigenvalue weighted by atomic mass is 9.93. The smallest absolute Gasteiger partial charge is 0.325 e. The normalized spacial score (nSPS) is 28.7. The topological polar surface area (TPSA) is 41.6 Å². The van der Waals surface area contributed by atoms with Crippen LogP contribution in [0.25, 0.3) is 0 Å². The average molecular weight is 256 g/mol. The van der Waals surface area contributed by atoms with E-state index in [4.69, 9.17) is 4.74 Å². The van der Waals surface area contributed by atoms with Gasteiger partial charge in [0.05, 0.1) is 7.11 Å². The summed E-state index contributed by atoms with van der Waals surface area (Å²) in [5.74, 6) is -0.178. The summed E-state index contributed by atoms with van der Waals surface area (Å²) in [7, 11) is 3.27. The minimum atomic E-state index is -0.578. The van der Waals surface area contributed by atoms with Crippen molar-refractivity contribution in [2.75, 3.05) is 20.7 Å². The molecule has 1 aliphatic rings. The molecule has 1 saturated heterocycles. The lowest BCUT2D eigenvalue weighted by molar-refractivity contribution is -0.148. The highest BCUT2D eigenvalue weighted by Gasteiger charge is 2.34. The van der Waals surface area contributed by atoms with Crippen molar-refractivity contribution in [1.29, 1.82) is 0 Å². The number of esters is 1. The van der Waals surface area contributed by atoms with Gasteiger partial charge in [-0.25, -0.2) is 0 Å². The van der Waals surface area contributed by atoms with Gasteiger partial charge in [0.2, 0.25) is 0 Å². The lowest BCUT2D eigenvalue weighted by Gasteiger charge is -2.40. The summed E-state index contributed by atoms with van der Waals surface area (Å²) >= 11 is 0. The Bertz CT molecular complexity index is 273. The number of carbonyl (C=O) groups excluding carboxylic acids is 1. The van der Waals surface area contributed by atoms with Gasteiger partial charge in [0.1, 0.15) is 5.54 Å². The number of carbonyl (C=O) groups is 1. The summed E-state index contributed by atoms with van der Waals surface area (Å²) in [6.45, 7) is 7.42. The van der Waals surface area contributed by atoms with Crippen LogP contribution in [0.4, 0.5) is 0 Å². The van der Waals surface area contributed by atoms with E-state index in [-0.39, 0.29) is 5.97 Å². The van der Waals surface area contributed by atoms with E-state index in [0.29, 0.717) is 12.1 Å². The Hall–Kier alpha value is -0.610. The monoisotopic (exact) mass is 256 g/mol. The van der Waals surface area contributed by atoms with Crippen LogP contribution in [0.3, 0.4) is 0 Å². The van der Waals surface area contributed by atoms with E-state index in [9.17, 15) is 4.79 Å². The zero-order chi connectivity index (χ0) is 13.8. The van der Waals surface area contributed by atoms with Gasteiger partial charge >= 0.3 is 5.97 Å². The molecule has 4 nitrogen and oxygen atoms in total. The van der Waals surface area contributed by atoms with Crippen LogP contribution >= 0.6 is 0 Å². The fraction of sp³-hybridized carbons (Fsp3) is 0.929. The molecule has 0 spiro atoms. The van der Waals surface area contributed by atoms with Crippen LogP contribution in [-0.4, -0.2) is 49.2 Å². The number of hydrogen-bond acceptors (Lipinski definition) is 4. The van der Waals surface area contributed by atoms with Gasteiger partial charge in [0.15, 0.2) is 0 Å². The second-order valence-electron chi connectivity index (χ2n) is 5.69. The average Bonchev–Trinajstić information content (AvgIpc) is 2.36. The summed E-state index contributed by atoms with van der Waals surface area (Å²) in [6.07, 6.45) is 4.63. The van der Waals surface area contributed by atoms with Crippen LogP contribution in [0, 0.1) is 0 Å². The predicted octanol–water partition coefficient (Wildman–Crippen LogP) is 1.79. The molecule has 0 radical (unpaired) electrons. The molecule has 1 unspecified atom stereocenters. The van der Waals surface area contributed by atoms with E-state index in [1.54, 1.807) is 0 Å². The predicted molar refractivity (Wildman–Crippen MR) is 73.6 cm³/mol. The number of nitrogens with zero attached hydrogens (tertiary/aromatic N) is 1. The zero-order valence-electron chi connectivity index (χ0n) is 12.5. The van der Waals surface area contributed by atoms with Gasteiger partial charge < -0.3 is 10.1 Å². The summed E-state index contributed by atoms with van der Waals surface area (Å²) < 4.78 is 4.88. The van der Waals surface area contributed by atoms with E-state index < -0.39 is 5.54 Å². The molecule has 1 aliphatic heterocycles. The Balaban J connectivity index is 2.59. The van der Waals surface area contributed by atoms with Crippen molar-refractivity contribution in [1.82, 2.24) is 10.2 Å². The van der Waals surface area contributed by atoms with Crippen LogP contribution in [0.2, 0.25) is 0 Å². The number of rotatable bonds is 5. The molecule has 0 amide bonds. The molecular weight excluding hydrogens is 228 g/mol. The number of methoxy groups -OCH3 is 1. The Morgan fingerprint density at radius 1 is 1.39 bits per heavy atom. The van der Waals surface area contributed by atoms with Gasteiger partial charge in [-0.1, -0.05) is 6.42 Å². The van der Waals surface area contributed by atoms with E-state index >= 15 is 0 Å². The molecule has 1 N–H and O–H groups in total. The van der Waals surface area contributed by atoms with Crippen molar-refractivity contribution < 1.29 is 9.53 Å². The third-order valence-electron chi connectivity index (χ3n) is 4.43. The first-order valence-corrected chi connectivity index (χ1v) is 6.97. The zero-order valence-corrected chi connectivity index (χ0v) is 12.5. The van der Waals surface area contributed by atoms with Crippen molar-refractivity contribution in [3.63, 3.8) is 0 Å². The van der Waals surface area contributed by atoms with Crippen LogP contribution < -0.4 is 5.32 Å². The number of ether oxygens (including phenoxy) is 1. The van der Waals surface area contributed by atoms with Crippen molar-refractivity contribution >= 4 is 5.97 Å². The van der Waals surface area contributed by atoms with Crippen molar-refractivity contribution in [3.8, 4) is 0 Å². The van der Waals surface area contributed by atoms with Crippen LogP contribution in [0.5, 0.6) is 0 Å². The standard InChI is InChI=1S/C14H28N2O2/c1-11-7-6-8-12(2)16(11)10-9-14(3,15-4)13(17)18-5/h11-12,15H,6-10H2,1-5H3/t11-,12+,14?. The quantitative estimate of drug-likeness (QED) is 0.762. The highest BCUT2D eigenvalue weighted by Crippen LogP contribution is 2.24. The third kappa shape index (κ3) is 3.45. The maximum atomic E-state index is 11.8. The van der Waals surface area contributed by atoms with Crippen molar-refractivity contribution in [2.45, 2.75) is 64.1 Å². The molecule has 0 aromatic rings. The molecule has 1 heterocycles.